The maximum absolute atomic E-state index is 14.3. The van der Waals surface area contributed by atoms with Gasteiger partial charge in [0.2, 0.25) is 0 Å². The van der Waals surface area contributed by atoms with Crippen LogP contribution in [0.4, 0.5) is 9.18 Å². The lowest BCUT2D eigenvalue weighted by Crippen LogP contribution is -2.38. The van der Waals surface area contributed by atoms with Gasteiger partial charge in [0.05, 0.1) is 41.4 Å². The first-order chi connectivity index (χ1) is 12.0. The van der Waals surface area contributed by atoms with E-state index in [2.05, 4.69) is 15.3 Å². The van der Waals surface area contributed by atoms with E-state index in [0.717, 1.165) is 0 Å². The number of nitrogens with two attached hydrogens (primary N) is 1. The largest absolute Gasteiger partial charge is 0.465 e. The molecule has 3 aromatic rings. The van der Waals surface area contributed by atoms with E-state index in [1.807, 2.05) is 0 Å². The third-order valence-corrected chi connectivity index (χ3v) is 4.28. The van der Waals surface area contributed by atoms with Gasteiger partial charge in [0.25, 0.3) is 5.91 Å². The van der Waals surface area contributed by atoms with Crippen LogP contribution in [0.3, 0.4) is 0 Å². The number of nitrogens with one attached hydrogen (secondary N) is 1. The Morgan fingerprint density at radius 2 is 2.12 bits per heavy atom. The van der Waals surface area contributed by atoms with Crippen LogP contribution in [0, 0.1) is 5.82 Å². The van der Waals surface area contributed by atoms with Crippen molar-refractivity contribution >= 4 is 22.9 Å². The minimum absolute atomic E-state index is 0.00457. The molecule has 25 heavy (non-hydrogen) atoms. The normalized spacial score (nSPS) is 13.9. The van der Waals surface area contributed by atoms with Crippen LogP contribution in [0.25, 0.3) is 22.2 Å². The highest BCUT2D eigenvalue weighted by molar-refractivity contribution is 6.01. The molecule has 1 aliphatic rings. The van der Waals surface area contributed by atoms with Crippen LogP contribution in [0.1, 0.15) is 16.1 Å². The first kappa shape index (κ1) is 15.1. The minimum Gasteiger partial charge on any atom is -0.465 e. The number of carbonyl (C=O) groups is 2. The molecule has 128 valence electrons. The molecule has 0 bridgehead atoms. The van der Waals surface area contributed by atoms with E-state index in [-0.39, 0.29) is 30.9 Å². The Bertz CT molecular complexity index is 1020. The lowest BCUT2D eigenvalue weighted by Gasteiger charge is -2.25. The molecule has 2 amide bonds. The second kappa shape index (κ2) is 5.30. The van der Waals surface area contributed by atoms with E-state index >= 15 is 0 Å². The van der Waals surface area contributed by atoms with Gasteiger partial charge < -0.3 is 15.7 Å². The van der Waals surface area contributed by atoms with Crippen molar-refractivity contribution in [2.24, 2.45) is 5.73 Å². The minimum atomic E-state index is -1.09. The third-order valence-electron chi connectivity index (χ3n) is 4.28. The maximum atomic E-state index is 14.3. The van der Waals surface area contributed by atoms with Gasteiger partial charge in [-0.2, -0.15) is 10.2 Å². The highest BCUT2D eigenvalue weighted by atomic mass is 19.1. The molecule has 10 heteroatoms. The van der Waals surface area contributed by atoms with Gasteiger partial charge in [-0.15, -0.1) is 0 Å². The van der Waals surface area contributed by atoms with Crippen molar-refractivity contribution in [3.63, 3.8) is 0 Å². The molecule has 1 aliphatic heterocycles. The zero-order chi connectivity index (χ0) is 17.7. The first-order valence-electron chi connectivity index (χ1n) is 7.46. The summed E-state index contributed by atoms with van der Waals surface area (Å²) in [6, 6.07) is 2.88. The molecule has 0 saturated carbocycles. The molecule has 0 radical (unpaired) electrons. The van der Waals surface area contributed by atoms with Gasteiger partial charge in [0, 0.05) is 12.1 Å². The van der Waals surface area contributed by atoms with Crippen LogP contribution < -0.4 is 5.73 Å². The highest BCUT2D eigenvalue weighted by Crippen LogP contribution is 2.31. The first-order valence-corrected chi connectivity index (χ1v) is 7.46. The molecule has 0 saturated heterocycles. The van der Waals surface area contributed by atoms with Gasteiger partial charge in [0.15, 0.2) is 0 Å². The molecule has 0 spiro atoms. The van der Waals surface area contributed by atoms with Crippen LogP contribution in [-0.4, -0.2) is 48.5 Å². The molecular formula is C15H13FN6O3. The maximum Gasteiger partial charge on any atom is 0.407 e. The Labute approximate surface area is 139 Å². The summed E-state index contributed by atoms with van der Waals surface area (Å²) in [7, 11) is 0. The highest BCUT2D eigenvalue weighted by Gasteiger charge is 2.29. The lowest BCUT2D eigenvalue weighted by atomic mass is 10.0. The van der Waals surface area contributed by atoms with Crippen molar-refractivity contribution in [2.75, 3.05) is 6.54 Å². The predicted molar refractivity (Wildman–Crippen MR) is 84.2 cm³/mol. The van der Waals surface area contributed by atoms with Crippen LogP contribution in [-0.2, 0) is 13.1 Å². The Kier molecular flexibility index (Phi) is 3.20. The summed E-state index contributed by atoms with van der Waals surface area (Å²) < 4.78 is 15.8. The Morgan fingerprint density at radius 3 is 2.84 bits per heavy atom. The monoisotopic (exact) mass is 344 g/mol. The number of hydrogen-bond acceptors (Lipinski definition) is 4. The number of carbonyl (C=O) groups excluding carboxylic acids is 1. The average molecular weight is 344 g/mol. The third kappa shape index (κ3) is 2.30. The smallest absolute Gasteiger partial charge is 0.407 e. The molecule has 1 aromatic carbocycles. The van der Waals surface area contributed by atoms with Crippen molar-refractivity contribution in [3.8, 4) is 11.3 Å². The molecule has 0 fully saturated rings. The molecule has 9 nitrogen and oxygen atoms in total. The number of aromatic amines is 1. The quantitative estimate of drug-likeness (QED) is 0.642. The summed E-state index contributed by atoms with van der Waals surface area (Å²) in [5, 5.41) is 20.3. The number of benzene rings is 1. The number of hydrogen-bond donors (Lipinski definition) is 3. The number of fused-ring (bicyclic) bond motifs is 2. The summed E-state index contributed by atoms with van der Waals surface area (Å²) in [6.45, 7) is 0.529. The number of halogens is 1. The van der Waals surface area contributed by atoms with Crippen LogP contribution in [0.5, 0.6) is 0 Å². The zero-order valence-corrected chi connectivity index (χ0v) is 12.9. The fourth-order valence-electron chi connectivity index (χ4n) is 3.09. The summed E-state index contributed by atoms with van der Waals surface area (Å²) >= 11 is 0. The Balaban J connectivity index is 1.90. The summed E-state index contributed by atoms with van der Waals surface area (Å²) in [6.07, 6.45) is 0.279. The molecule has 0 atom stereocenters. The van der Waals surface area contributed by atoms with E-state index in [0.29, 0.717) is 22.2 Å². The van der Waals surface area contributed by atoms with Gasteiger partial charge in [0.1, 0.15) is 11.5 Å². The second-order valence-corrected chi connectivity index (χ2v) is 5.75. The van der Waals surface area contributed by atoms with Gasteiger partial charge in [-0.25, -0.2) is 9.18 Å². The van der Waals surface area contributed by atoms with Crippen LogP contribution in [0.2, 0.25) is 0 Å². The van der Waals surface area contributed by atoms with Crippen molar-refractivity contribution in [2.45, 2.75) is 13.1 Å². The molecular weight excluding hydrogens is 331 g/mol. The second-order valence-electron chi connectivity index (χ2n) is 5.75. The Hall–Kier alpha value is -3.43. The van der Waals surface area contributed by atoms with Gasteiger partial charge in [-0.05, 0) is 12.1 Å². The van der Waals surface area contributed by atoms with Gasteiger partial charge in [-0.1, -0.05) is 0 Å². The molecule has 0 unspecified atom stereocenters. The number of amides is 2. The fraction of sp³-hybridized carbons (Fsp3) is 0.200. The number of aromatic nitrogens is 4. The van der Waals surface area contributed by atoms with E-state index < -0.39 is 17.8 Å². The van der Waals surface area contributed by atoms with Crippen molar-refractivity contribution in [1.82, 2.24) is 24.9 Å². The topological polar surface area (TPSA) is 130 Å². The van der Waals surface area contributed by atoms with E-state index in [1.165, 1.54) is 17.2 Å². The predicted octanol–water partition coefficient (Wildman–Crippen LogP) is 1.16. The fourth-order valence-corrected chi connectivity index (χ4v) is 3.09. The molecule has 0 aliphatic carbocycles. The van der Waals surface area contributed by atoms with Crippen molar-refractivity contribution < 1.29 is 19.1 Å². The molecule has 4 N–H and O–H groups in total. The van der Waals surface area contributed by atoms with Gasteiger partial charge in [-0.3, -0.25) is 14.6 Å². The number of H-pyrrole nitrogens is 1. The van der Waals surface area contributed by atoms with E-state index in [4.69, 9.17) is 10.8 Å². The molecule has 3 heterocycles. The van der Waals surface area contributed by atoms with Crippen LogP contribution in [0.15, 0.2) is 18.3 Å². The number of carboxylic acid groups (broad SMARTS) is 1. The number of nitrogens with zero attached hydrogens (tertiary/aromatic N) is 4. The van der Waals surface area contributed by atoms with Crippen molar-refractivity contribution in [3.05, 3.63) is 35.4 Å². The standard InChI is InChI=1S/C15H13FN6O3/c16-9-3-7(4-10-8(9)5-18-19-10)13-12(14(17)23)11-6-21(15(24)25)1-2-22(11)20-13/h3-5H,1-2,6H2,(H2,17,23)(H,18,19)(H,24,25). The average Bonchev–Trinajstić information content (AvgIpc) is 3.18. The summed E-state index contributed by atoms with van der Waals surface area (Å²) in [4.78, 5) is 24.4. The lowest BCUT2D eigenvalue weighted by molar-refractivity contribution is 0.0993. The molecule has 2 aromatic heterocycles. The van der Waals surface area contributed by atoms with Crippen molar-refractivity contribution in [1.29, 1.82) is 0 Å². The summed E-state index contributed by atoms with van der Waals surface area (Å²) in [5.41, 5.74) is 7.06. The van der Waals surface area contributed by atoms with E-state index in [1.54, 1.807) is 10.7 Å². The molecule has 4 rings (SSSR count). The Morgan fingerprint density at radius 1 is 1.32 bits per heavy atom. The SMILES string of the molecule is NC(=O)c1c(-c2cc(F)c3cn[nH]c3c2)nn2c1CN(C(=O)O)CC2. The van der Waals surface area contributed by atoms with Crippen LogP contribution >= 0.6 is 0 Å². The summed E-state index contributed by atoms with van der Waals surface area (Å²) in [5.74, 6) is -1.25. The number of primary amides is 1. The number of rotatable bonds is 2. The zero-order valence-electron chi connectivity index (χ0n) is 12.9. The van der Waals surface area contributed by atoms with E-state index in [9.17, 15) is 14.0 Å². The van der Waals surface area contributed by atoms with Gasteiger partial charge >= 0.3 is 6.09 Å².